The highest BCUT2D eigenvalue weighted by Gasteiger charge is 2.40. The first kappa shape index (κ1) is 27.4. The number of carbonyl (C=O) groups excluding carboxylic acids is 1. The molecule has 7 nitrogen and oxygen atoms in total. The van der Waals surface area contributed by atoms with Crippen LogP contribution in [0.25, 0.3) is 11.1 Å². The number of halogens is 5. The summed E-state index contributed by atoms with van der Waals surface area (Å²) in [6.07, 6.45) is -0.957. The Morgan fingerprint density at radius 3 is 2.11 bits per heavy atom. The normalized spacial score (nSPS) is 18.7. The molecule has 1 aliphatic carbocycles. The van der Waals surface area contributed by atoms with Gasteiger partial charge >= 0.3 is 12.1 Å². The van der Waals surface area contributed by atoms with Gasteiger partial charge in [-0.05, 0) is 73.2 Å². The van der Waals surface area contributed by atoms with Gasteiger partial charge in [0.25, 0.3) is 5.91 Å². The lowest BCUT2D eigenvalue weighted by Gasteiger charge is -2.29. The number of pyridine rings is 2. The maximum absolute atomic E-state index is 13.9. The molecule has 1 saturated carbocycles. The minimum absolute atomic E-state index is 0.0822. The number of amides is 1. The number of anilines is 1. The summed E-state index contributed by atoms with van der Waals surface area (Å²) in [5.74, 6) is -5.49. The summed E-state index contributed by atoms with van der Waals surface area (Å²) >= 11 is 0. The molecular weight excluding hydrogens is 531 g/mol. The molecule has 2 heterocycles. The smallest absolute Gasteiger partial charge is 0.367 e. The molecule has 0 bridgehead atoms. The van der Waals surface area contributed by atoms with Crippen LogP contribution in [0.4, 0.5) is 27.8 Å². The summed E-state index contributed by atoms with van der Waals surface area (Å²) in [5, 5.41) is 2.41. The number of hydrogen-bond donors (Lipinski definition) is 2. The third kappa shape index (κ3) is 5.77. The van der Waals surface area contributed by atoms with Crippen LogP contribution in [0.1, 0.15) is 36.9 Å². The number of sulfone groups is 1. The van der Waals surface area contributed by atoms with Gasteiger partial charge in [0.15, 0.2) is 9.84 Å². The number of nitrogens with zero attached hydrogens (tertiary/aromatic N) is 2. The molecule has 0 radical (unpaired) electrons. The van der Waals surface area contributed by atoms with E-state index < -0.39 is 44.4 Å². The Morgan fingerprint density at radius 2 is 1.55 bits per heavy atom. The van der Waals surface area contributed by atoms with Crippen LogP contribution < -0.4 is 11.1 Å². The number of hydrogen-bond acceptors (Lipinski definition) is 6. The molecule has 2 aromatic heterocycles. The van der Waals surface area contributed by atoms with Crippen LogP contribution in [-0.2, 0) is 26.7 Å². The van der Waals surface area contributed by atoms with E-state index in [1.165, 1.54) is 36.4 Å². The van der Waals surface area contributed by atoms with Crippen LogP contribution in [0.3, 0.4) is 0 Å². The average molecular weight is 555 g/mol. The molecule has 38 heavy (non-hydrogen) atoms. The lowest BCUT2D eigenvalue weighted by molar-refractivity contribution is -0.143. The summed E-state index contributed by atoms with van der Waals surface area (Å²) in [5.41, 5.74) is 3.85. The first-order valence-electron chi connectivity index (χ1n) is 11.6. The standard InChI is InChI=1S/C25H23F5N4O3S/c26-24(27,23(31)35)21-13-16(11-12-32-21)15-1-6-19(7-2-15)38(36,37)20-8-4-18(5-9-20)34-22-10-3-17(14-33-22)25(28,29)30/h1-3,6-7,10-14,18,20H,4-5,8-9H2,(H2,31,35)(H,33,34). The fraction of sp³-hybridized carbons (Fsp3) is 0.320. The number of benzene rings is 1. The summed E-state index contributed by atoms with van der Waals surface area (Å²) in [7, 11) is -3.68. The second kappa shape index (κ2) is 10.3. The molecule has 1 aliphatic rings. The van der Waals surface area contributed by atoms with E-state index in [1.807, 2.05) is 0 Å². The van der Waals surface area contributed by atoms with E-state index >= 15 is 0 Å². The fourth-order valence-corrected chi connectivity index (χ4v) is 6.10. The van der Waals surface area contributed by atoms with E-state index in [0.717, 1.165) is 24.5 Å². The van der Waals surface area contributed by atoms with Gasteiger partial charge in [0.05, 0.1) is 15.7 Å². The molecule has 3 aromatic rings. The molecule has 3 N–H and O–H groups in total. The van der Waals surface area contributed by atoms with E-state index in [-0.39, 0.29) is 16.8 Å². The number of carbonyl (C=O) groups is 1. The van der Waals surface area contributed by atoms with Crippen molar-refractivity contribution in [3.8, 4) is 11.1 Å². The van der Waals surface area contributed by atoms with E-state index in [0.29, 0.717) is 36.8 Å². The van der Waals surface area contributed by atoms with Crippen molar-refractivity contribution in [1.82, 2.24) is 9.97 Å². The molecule has 13 heteroatoms. The zero-order valence-corrected chi connectivity index (χ0v) is 20.6. The molecule has 1 amide bonds. The predicted octanol–water partition coefficient (Wildman–Crippen LogP) is 4.94. The zero-order chi connectivity index (χ0) is 27.7. The number of nitrogens with one attached hydrogen (secondary N) is 1. The predicted molar refractivity (Wildman–Crippen MR) is 129 cm³/mol. The van der Waals surface area contributed by atoms with E-state index in [2.05, 4.69) is 15.3 Å². The van der Waals surface area contributed by atoms with Crippen LogP contribution >= 0.6 is 0 Å². The van der Waals surface area contributed by atoms with Gasteiger partial charge in [-0.1, -0.05) is 12.1 Å². The highest BCUT2D eigenvalue weighted by Crippen LogP contribution is 2.33. The van der Waals surface area contributed by atoms with Crippen molar-refractivity contribution in [1.29, 1.82) is 0 Å². The van der Waals surface area contributed by atoms with Gasteiger partial charge in [-0.15, -0.1) is 0 Å². The largest absolute Gasteiger partial charge is 0.417 e. The second-order valence-corrected chi connectivity index (χ2v) is 11.2. The highest BCUT2D eigenvalue weighted by molar-refractivity contribution is 7.92. The maximum atomic E-state index is 13.9. The molecule has 1 fully saturated rings. The third-order valence-electron chi connectivity index (χ3n) is 6.46. The van der Waals surface area contributed by atoms with Gasteiger partial charge in [0.1, 0.15) is 11.5 Å². The highest BCUT2D eigenvalue weighted by atomic mass is 32.2. The molecule has 0 aliphatic heterocycles. The van der Waals surface area contributed by atoms with E-state index in [9.17, 15) is 35.2 Å². The summed E-state index contributed by atoms with van der Waals surface area (Å²) < 4.78 is 92.4. The molecule has 202 valence electrons. The van der Waals surface area contributed by atoms with Gasteiger partial charge in [-0.25, -0.2) is 13.4 Å². The van der Waals surface area contributed by atoms with Crippen molar-refractivity contribution < 1.29 is 35.2 Å². The molecule has 0 atom stereocenters. The molecule has 0 unspecified atom stereocenters. The Bertz CT molecular complexity index is 1400. The maximum Gasteiger partial charge on any atom is 0.417 e. The van der Waals surface area contributed by atoms with Gasteiger partial charge in [0, 0.05) is 18.4 Å². The quantitative estimate of drug-likeness (QED) is 0.400. The Kier molecular flexibility index (Phi) is 7.42. The lowest BCUT2D eigenvalue weighted by Crippen LogP contribution is -2.33. The number of alkyl halides is 5. The molecule has 0 spiro atoms. The SMILES string of the molecule is NC(=O)C(F)(F)c1cc(-c2ccc(S(=O)(=O)C3CCC(Nc4ccc(C(F)(F)F)cn4)CC3)cc2)ccn1. The van der Waals surface area contributed by atoms with E-state index in [4.69, 9.17) is 5.73 Å². The van der Waals surface area contributed by atoms with Crippen molar-refractivity contribution in [3.05, 3.63) is 72.2 Å². The molecule has 1 aromatic carbocycles. The summed E-state index contributed by atoms with van der Waals surface area (Å²) in [6.45, 7) is 0. The average Bonchev–Trinajstić information content (AvgIpc) is 2.89. The Balaban J connectivity index is 1.40. The fourth-order valence-electron chi connectivity index (χ4n) is 4.31. The topological polar surface area (TPSA) is 115 Å². The van der Waals surface area contributed by atoms with Crippen LogP contribution in [0, 0.1) is 0 Å². The molecular formula is C25H23F5N4O3S. The van der Waals surface area contributed by atoms with Crippen LogP contribution in [0.5, 0.6) is 0 Å². The third-order valence-corrected chi connectivity index (χ3v) is 8.74. The van der Waals surface area contributed by atoms with Crippen molar-refractivity contribution in [2.45, 2.75) is 54.0 Å². The van der Waals surface area contributed by atoms with Crippen LogP contribution in [-0.4, -0.2) is 35.6 Å². The summed E-state index contributed by atoms with van der Waals surface area (Å²) in [4.78, 5) is 18.5. The number of rotatable bonds is 7. The monoisotopic (exact) mass is 554 g/mol. The van der Waals surface area contributed by atoms with Gasteiger partial charge in [-0.3, -0.25) is 9.78 Å². The van der Waals surface area contributed by atoms with Crippen LogP contribution in [0.2, 0.25) is 0 Å². The minimum Gasteiger partial charge on any atom is -0.367 e. The lowest BCUT2D eigenvalue weighted by atomic mass is 9.95. The zero-order valence-electron chi connectivity index (χ0n) is 19.8. The van der Waals surface area contributed by atoms with Gasteiger partial charge < -0.3 is 11.1 Å². The Hall–Kier alpha value is -3.61. The molecule has 0 saturated heterocycles. The van der Waals surface area contributed by atoms with Gasteiger partial charge in [0.2, 0.25) is 0 Å². The van der Waals surface area contributed by atoms with Crippen LogP contribution in [0.15, 0.2) is 65.8 Å². The van der Waals surface area contributed by atoms with Crippen molar-refractivity contribution in [3.63, 3.8) is 0 Å². The number of nitrogens with two attached hydrogens (primary N) is 1. The van der Waals surface area contributed by atoms with Crippen molar-refractivity contribution in [2.75, 3.05) is 5.32 Å². The number of aromatic nitrogens is 2. The number of primary amides is 1. The second-order valence-electron chi connectivity index (χ2n) is 8.99. The van der Waals surface area contributed by atoms with Crippen molar-refractivity contribution >= 4 is 21.6 Å². The molecule has 4 rings (SSSR count). The Morgan fingerprint density at radius 1 is 0.895 bits per heavy atom. The van der Waals surface area contributed by atoms with Gasteiger partial charge in [-0.2, -0.15) is 22.0 Å². The first-order chi connectivity index (χ1) is 17.8. The van der Waals surface area contributed by atoms with E-state index in [1.54, 1.807) is 0 Å². The van der Waals surface area contributed by atoms with Crippen molar-refractivity contribution in [2.24, 2.45) is 5.73 Å². The summed E-state index contributed by atoms with van der Waals surface area (Å²) in [6, 6.07) is 10.3. The Labute approximate surface area is 215 Å². The first-order valence-corrected chi connectivity index (χ1v) is 13.1. The minimum atomic E-state index is -4.48.